The first-order chi connectivity index (χ1) is 27.4. The van der Waals surface area contributed by atoms with Crippen molar-refractivity contribution in [2.45, 2.75) is 36.2 Å². The van der Waals surface area contributed by atoms with Crippen molar-refractivity contribution in [3.05, 3.63) is 155 Å². The summed E-state index contributed by atoms with van der Waals surface area (Å²) in [6.07, 6.45) is -0.850. The van der Waals surface area contributed by atoms with Crippen LogP contribution < -0.4 is 10.1 Å². The molecule has 3 N–H and O–H groups in total. The van der Waals surface area contributed by atoms with Gasteiger partial charge in [0.2, 0.25) is 5.91 Å². The molecule has 6 unspecified atom stereocenters. The van der Waals surface area contributed by atoms with Gasteiger partial charge in [-0.25, -0.2) is 4.68 Å². The Labute approximate surface area is 321 Å². The van der Waals surface area contributed by atoms with E-state index in [1.165, 1.54) is 0 Å². The number of carboxylic acid groups (broad SMARTS) is 1. The van der Waals surface area contributed by atoms with Gasteiger partial charge in [0, 0.05) is 11.3 Å². The first-order valence-corrected chi connectivity index (χ1v) is 18.3. The van der Waals surface area contributed by atoms with Crippen LogP contribution in [-0.4, -0.2) is 67.2 Å². The molecular formula is C44H35N5O7. The second-order valence-electron chi connectivity index (χ2n) is 14.0. The first kappa shape index (κ1) is 34.9. The molecule has 2 fully saturated rings. The SMILES string of the molecule is O=C1OC(c2ccccc2)C(c2ccccc2)N2C1C(C(=O)O)C1(C(=O)Nc3ccc(C#CCn4nnc5ccccc54)cc31)C2c1cccc(OCCO)c1. The van der Waals surface area contributed by atoms with Crippen molar-refractivity contribution >= 4 is 34.6 Å². The number of carboxylic acids is 1. The van der Waals surface area contributed by atoms with E-state index in [1.807, 2.05) is 95.9 Å². The number of rotatable bonds is 8. The first-order valence-electron chi connectivity index (χ1n) is 18.3. The summed E-state index contributed by atoms with van der Waals surface area (Å²) in [6.45, 7) is 0.0384. The summed E-state index contributed by atoms with van der Waals surface area (Å²) in [5.41, 5.74) is 3.15. The molecule has 278 valence electrons. The molecule has 6 aromatic rings. The Kier molecular flexibility index (Phi) is 8.80. The number of aliphatic carboxylic acids is 1. The number of carbonyl (C=O) groups excluding carboxylic acids is 2. The van der Waals surface area contributed by atoms with Crippen LogP contribution in [0.1, 0.15) is 46.0 Å². The maximum absolute atomic E-state index is 15.0. The summed E-state index contributed by atoms with van der Waals surface area (Å²) in [5, 5.41) is 32.3. The van der Waals surface area contributed by atoms with E-state index < -0.39 is 53.4 Å². The summed E-state index contributed by atoms with van der Waals surface area (Å²) in [4.78, 5) is 45.3. The number of fused-ring (bicyclic) bond motifs is 4. The molecule has 2 saturated heterocycles. The van der Waals surface area contributed by atoms with Gasteiger partial charge in [0.1, 0.15) is 47.9 Å². The average Bonchev–Trinajstić information content (AvgIpc) is 3.88. The van der Waals surface area contributed by atoms with Crippen molar-refractivity contribution in [2.75, 3.05) is 18.5 Å². The van der Waals surface area contributed by atoms with Gasteiger partial charge in [0.05, 0.1) is 24.2 Å². The van der Waals surface area contributed by atoms with Crippen LogP contribution in [0.2, 0.25) is 0 Å². The summed E-state index contributed by atoms with van der Waals surface area (Å²) >= 11 is 0. The second kappa shape index (κ2) is 14.1. The molecule has 3 aliphatic heterocycles. The number of nitrogens with one attached hydrogen (secondary N) is 1. The minimum Gasteiger partial charge on any atom is -0.491 e. The molecule has 3 aliphatic rings. The van der Waals surface area contributed by atoms with Gasteiger partial charge in [0.25, 0.3) is 0 Å². The Hall–Kier alpha value is -6.81. The summed E-state index contributed by atoms with van der Waals surface area (Å²) < 4.78 is 13.8. The summed E-state index contributed by atoms with van der Waals surface area (Å²) in [7, 11) is 0. The predicted octanol–water partition coefficient (Wildman–Crippen LogP) is 5.21. The van der Waals surface area contributed by atoms with Crippen molar-refractivity contribution < 1.29 is 34.1 Å². The topological polar surface area (TPSA) is 156 Å². The molecule has 0 radical (unpaired) electrons. The number of esters is 1. The number of morpholine rings is 1. The van der Waals surface area contributed by atoms with Crippen LogP contribution in [0.15, 0.2) is 127 Å². The lowest BCUT2D eigenvalue weighted by atomic mass is 9.65. The molecule has 12 nitrogen and oxygen atoms in total. The van der Waals surface area contributed by atoms with Crippen LogP contribution >= 0.6 is 0 Å². The molecule has 56 heavy (non-hydrogen) atoms. The Morgan fingerprint density at radius 3 is 2.36 bits per heavy atom. The number of nitrogens with zero attached hydrogens (tertiary/aromatic N) is 4. The number of hydrogen-bond donors (Lipinski definition) is 3. The van der Waals surface area contributed by atoms with Crippen LogP contribution in [0.25, 0.3) is 11.0 Å². The normalized spacial score (nSPS) is 23.8. The van der Waals surface area contributed by atoms with Crippen LogP contribution in [-0.2, 0) is 31.1 Å². The highest BCUT2D eigenvalue weighted by Gasteiger charge is 2.74. The van der Waals surface area contributed by atoms with Crippen molar-refractivity contribution in [3.8, 4) is 17.6 Å². The van der Waals surface area contributed by atoms with E-state index in [4.69, 9.17) is 9.47 Å². The quantitative estimate of drug-likeness (QED) is 0.140. The monoisotopic (exact) mass is 745 g/mol. The molecule has 5 aromatic carbocycles. The average molecular weight is 746 g/mol. The molecule has 4 heterocycles. The van der Waals surface area contributed by atoms with Crippen molar-refractivity contribution in [1.82, 2.24) is 19.9 Å². The van der Waals surface area contributed by atoms with Crippen LogP contribution in [0.4, 0.5) is 5.69 Å². The van der Waals surface area contributed by atoms with E-state index in [-0.39, 0.29) is 19.8 Å². The fourth-order valence-corrected chi connectivity index (χ4v) is 8.84. The smallest absolute Gasteiger partial charge is 0.325 e. The lowest BCUT2D eigenvalue weighted by molar-refractivity contribution is -0.179. The zero-order valence-electron chi connectivity index (χ0n) is 29.9. The lowest BCUT2D eigenvalue weighted by Crippen LogP contribution is -2.52. The molecule has 12 heteroatoms. The maximum Gasteiger partial charge on any atom is 0.325 e. The summed E-state index contributed by atoms with van der Waals surface area (Å²) in [5.74, 6) is 2.55. The Morgan fingerprint density at radius 1 is 0.857 bits per heavy atom. The van der Waals surface area contributed by atoms with Gasteiger partial charge >= 0.3 is 11.9 Å². The largest absolute Gasteiger partial charge is 0.491 e. The van der Waals surface area contributed by atoms with E-state index >= 15 is 0 Å². The molecule has 1 spiro atoms. The third-order valence-corrected chi connectivity index (χ3v) is 11.0. The molecule has 1 amide bonds. The third-order valence-electron chi connectivity index (χ3n) is 11.0. The number of benzene rings is 5. The van der Waals surface area contributed by atoms with Gasteiger partial charge in [-0.05, 0) is 64.7 Å². The number of cyclic esters (lactones) is 1. The number of aliphatic hydroxyl groups is 1. The number of carbonyl (C=O) groups is 3. The maximum atomic E-state index is 15.0. The molecule has 9 rings (SSSR count). The third kappa shape index (κ3) is 5.59. The molecular weight excluding hydrogens is 711 g/mol. The Morgan fingerprint density at radius 2 is 1.59 bits per heavy atom. The van der Waals surface area contributed by atoms with Crippen molar-refractivity contribution in [1.29, 1.82) is 0 Å². The zero-order valence-corrected chi connectivity index (χ0v) is 29.9. The minimum absolute atomic E-state index is 0.0220. The highest BCUT2D eigenvalue weighted by molar-refractivity contribution is 6.11. The molecule has 1 aromatic heterocycles. The number of ether oxygens (including phenoxy) is 2. The molecule has 0 bridgehead atoms. The van der Waals surface area contributed by atoms with E-state index in [0.717, 1.165) is 16.6 Å². The van der Waals surface area contributed by atoms with Gasteiger partial charge in [-0.3, -0.25) is 19.3 Å². The molecule has 6 atom stereocenters. The number of hydrogen-bond acceptors (Lipinski definition) is 9. The fourth-order valence-electron chi connectivity index (χ4n) is 8.84. The van der Waals surface area contributed by atoms with E-state index in [2.05, 4.69) is 27.5 Å². The van der Waals surface area contributed by atoms with Crippen molar-refractivity contribution in [3.63, 3.8) is 0 Å². The van der Waals surface area contributed by atoms with Gasteiger partial charge in [0.15, 0.2) is 0 Å². The van der Waals surface area contributed by atoms with Gasteiger partial charge in [-0.2, -0.15) is 0 Å². The molecule has 0 saturated carbocycles. The van der Waals surface area contributed by atoms with Gasteiger partial charge in [-0.15, -0.1) is 5.10 Å². The molecule has 0 aliphatic carbocycles. The second-order valence-corrected chi connectivity index (χ2v) is 14.0. The summed E-state index contributed by atoms with van der Waals surface area (Å²) in [6, 6.07) is 35.6. The van der Waals surface area contributed by atoms with Crippen LogP contribution in [0.3, 0.4) is 0 Å². The van der Waals surface area contributed by atoms with Crippen LogP contribution in [0, 0.1) is 17.8 Å². The van der Waals surface area contributed by atoms with E-state index in [0.29, 0.717) is 33.7 Å². The highest BCUT2D eigenvalue weighted by atomic mass is 16.6. The number of amides is 1. The number of anilines is 1. The Balaban J connectivity index is 1.26. The number of aromatic nitrogens is 3. The van der Waals surface area contributed by atoms with Gasteiger partial charge in [-0.1, -0.05) is 102 Å². The predicted molar refractivity (Wildman–Crippen MR) is 204 cm³/mol. The minimum atomic E-state index is -1.85. The van der Waals surface area contributed by atoms with Gasteiger partial charge < -0.3 is 25.0 Å². The Bertz CT molecular complexity index is 2550. The number of aliphatic hydroxyl groups excluding tert-OH is 1. The lowest BCUT2D eigenvalue weighted by Gasteiger charge is -2.46. The van der Waals surface area contributed by atoms with Crippen molar-refractivity contribution in [2.24, 2.45) is 5.92 Å². The number of para-hydroxylation sites is 1. The highest BCUT2D eigenvalue weighted by Crippen LogP contribution is 2.64. The fraction of sp³-hybridized carbons (Fsp3) is 0.205. The van der Waals surface area contributed by atoms with E-state index in [1.54, 1.807) is 41.1 Å². The van der Waals surface area contributed by atoms with Crippen LogP contribution in [0.5, 0.6) is 5.75 Å². The van der Waals surface area contributed by atoms with E-state index in [9.17, 15) is 24.6 Å². The standard InChI is InChI=1S/C44H35N5O7/c50-23-24-55-31-17-9-16-30(26-31)40-44(32-25-27(20-21-33(32)45-43(44)54)11-10-22-48-35-19-8-7-18-34(35)46-47-48)36(41(51)52)38-42(53)56-39(29-14-5-2-6-15-29)37(49(38)40)28-12-3-1-4-13-28/h1-9,12-21,25-26,36-40,50H,22-24H2,(H,45,54)(H,51,52). The zero-order chi connectivity index (χ0) is 38.4.